The number of benzene rings is 3. The molecule has 0 saturated carbocycles. The molecule has 0 radical (unpaired) electrons. The van der Waals surface area contributed by atoms with Crippen molar-refractivity contribution in [3.8, 4) is 0 Å². The standard InChI is InChI=1S/C28H30BrNO/c1-20-24(17-12-18-25(20)29)19-26(21(2)31-28(3,4)5)30-27(22-13-8-6-9-14-22)23-15-10-7-11-16-23/h6-18,26H,2,19H2,1,3-5H3/t26-/m0/s1. The van der Waals surface area contributed by atoms with E-state index in [4.69, 9.17) is 9.73 Å². The van der Waals surface area contributed by atoms with Crippen molar-refractivity contribution in [3.63, 3.8) is 0 Å². The van der Waals surface area contributed by atoms with E-state index >= 15 is 0 Å². The van der Waals surface area contributed by atoms with Crippen molar-refractivity contribution in [2.24, 2.45) is 4.99 Å². The van der Waals surface area contributed by atoms with Crippen LogP contribution in [0.25, 0.3) is 0 Å². The van der Waals surface area contributed by atoms with Crippen molar-refractivity contribution in [3.05, 3.63) is 118 Å². The molecule has 31 heavy (non-hydrogen) atoms. The van der Waals surface area contributed by atoms with E-state index in [1.54, 1.807) is 0 Å². The summed E-state index contributed by atoms with van der Waals surface area (Å²) in [5, 5.41) is 0. The molecule has 0 unspecified atom stereocenters. The molecule has 0 heterocycles. The number of hydrogen-bond donors (Lipinski definition) is 0. The third kappa shape index (κ3) is 6.41. The lowest BCUT2D eigenvalue weighted by atomic mass is 9.98. The van der Waals surface area contributed by atoms with Gasteiger partial charge < -0.3 is 4.74 Å². The fourth-order valence-corrected chi connectivity index (χ4v) is 3.85. The van der Waals surface area contributed by atoms with Gasteiger partial charge in [0.1, 0.15) is 17.4 Å². The molecule has 0 aliphatic rings. The van der Waals surface area contributed by atoms with E-state index in [9.17, 15) is 0 Å². The number of hydrogen-bond acceptors (Lipinski definition) is 2. The summed E-state index contributed by atoms with van der Waals surface area (Å²) in [4.78, 5) is 5.24. The molecule has 0 N–H and O–H groups in total. The third-order valence-corrected chi connectivity index (χ3v) is 5.84. The molecular formula is C28H30BrNO. The van der Waals surface area contributed by atoms with E-state index in [1.165, 1.54) is 11.1 Å². The first-order valence-corrected chi connectivity index (χ1v) is 11.3. The highest BCUT2D eigenvalue weighted by molar-refractivity contribution is 9.10. The second-order valence-electron chi connectivity index (χ2n) is 8.63. The van der Waals surface area contributed by atoms with Gasteiger partial charge in [-0.1, -0.05) is 95.3 Å². The van der Waals surface area contributed by atoms with Crippen LogP contribution in [0.2, 0.25) is 0 Å². The predicted molar refractivity (Wildman–Crippen MR) is 135 cm³/mol. The molecule has 0 aromatic heterocycles. The van der Waals surface area contributed by atoms with Crippen LogP contribution in [-0.4, -0.2) is 17.4 Å². The average Bonchev–Trinajstić information content (AvgIpc) is 2.74. The SMILES string of the molecule is C=C(OC(C)(C)C)[C@H](Cc1cccc(Br)c1C)N=C(c1ccccc1)c1ccccc1. The molecule has 160 valence electrons. The zero-order valence-corrected chi connectivity index (χ0v) is 20.3. The van der Waals surface area contributed by atoms with Gasteiger partial charge in [0.15, 0.2) is 0 Å². The predicted octanol–water partition coefficient (Wildman–Crippen LogP) is 7.54. The highest BCUT2D eigenvalue weighted by atomic mass is 79.9. The van der Waals surface area contributed by atoms with Gasteiger partial charge in [-0.2, -0.15) is 0 Å². The molecule has 0 bridgehead atoms. The van der Waals surface area contributed by atoms with Crippen molar-refractivity contribution < 1.29 is 4.74 Å². The van der Waals surface area contributed by atoms with Crippen molar-refractivity contribution in [1.29, 1.82) is 0 Å². The van der Waals surface area contributed by atoms with Crippen LogP contribution in [0, 0.1) is 6.92 Å². The Kier molecular flexibility index (Phi) is 7.50. The molecular weight excluding hydrogens is 446 g/mol. The van der Waals surface area contributed by atoms with Crippen LogP contribution in [0.15, 0.2) is 101 Å². The van der Waals surface area contributed by atoms with Gasteiger partial charge >= 0.3 is 0 Å². The van der Waals surface area contributed by atoms with Crippen LogP contribution in [0.3, 0.4) is 0 Å². The normalized spacial score (nSPS) is 12.2. The van der Waals surface area contributed by atoms with Gasteiger partial charge in [-0.05, 0) is 44.9 Å². The minimum absolute atomic E-state index is 0.220. The first-order chi connectivity index (χ1) is 14.7. The largest absolute Gasteiger partial charge is 0.491 e. The fraction of sp³-hybridized carbons (Fsp3) is 0.250. The highest BCUT2D eigenvalue weighted by Gasteiger charge is 2.22. The minimum Gasteiger partial charge on any atom is -0.491 e. The summed E-state index contributed by atoms with van der Waals surface area (Å²) in [6, 6.07) is 26.7. The fourth-order valence-electron chi connectivity index (χ4n) is 3.44. The van der Waals surface area contributed by atoms with Crippen molar-refractivity contribution in [2.45, 2.75) is 45.8 Å². The van der Waals surface area contributed by atoms with Crippen molar-refractivity contribution in [1.82, 2.24) is 0 Å². The zero-order valence-electron chi connectivity index (χ0n) is 18.7. The van der Waals surface area contributed by atoms with Crippen molar-refractivity contribution >= 4 is 21.6 Å². The van der Waals surface area contributed by atoms with E-state index in [1.807, 2.05) is 57.2 Å². The Balaban J connectivity index is 2.10. The first kappa shape index (κ1) is 23.0. The highest BCUT2D eigenvalue weighted by Crippen LogP contribution is 2.26. The van der Waals surface area contributed by atoms with Crippen LogP contribution in [0.5, 0.6) is 0 Å². The Labute approximate surface area is 194 Å². The van der Waals surface area contributed by atoms with Gasteiger partial charge in [0, 0.05) is 22.0 Å². The van der Waals surface area contributed by atoms with E-state index in [2.05, 4.69) is 71.9 Å². The van der Waals surface area contributed by atoms with E-state index < -0.39 is 0 Å². The van der Waals surface area contributed by atoms with Crippen LogP contribution in [-0.2, 0) is 11.2 Å². The summed E-state index contributed by atoms with van der Waals surface area (Å²) in [5.74, 6) is 0.677. The average molecular weight is 476 g/mol. The molecule has 1 atom stereocenters. The topological polar surface area (TPSA) is 21.6 Å². The molecule has 3 aromatic rings. The molecule has 3 aromatic carbocycles. The van der Waals surface area contributed by atoms with Gasteiger partial charge in [0.25, 0.3) is 0 Å². The van der Waals surface area contributed by atoms with Gasteiger partial charge in [0.05, 0.1) is 5.71 Å². The Morgan fingerprint density at radius 2 is 1.45 bits per heavy atom. The second-order valence-corrected chi connectivity index (χ2v) is 9.49. The van der Waals surface area contributed by atoms with E-state index in [-0.39, 0.29) is 11.6 Å². The summed E-state index contributed by atoms with van der Waals surface area (Å²) in [6.45, 7) is 12.5. The van der Waals surface area contributed by atoms with Crippen LogP contribution < -0.4 is 0 Å². The lowest BCUT2D eigenvalue weighted by Gasteiger charge is -2.27. The summed E-state index contributed by atoms with van der Waals surface area (Å²) >= 11 is 3.66. The van der Waals surface area contributed by atoms with Crippen LogP contribution >= 0.6 is 15.9 Å². The molecule has 2 nitrogen and oxygen atoms in total. The number of halogens is 1. The van der Waals surface area contributed by atoms with Gasteiger partial charge in [-0.15, -0.1) is 0 Å². The van der Waals surface area contributed by atoms with E-state index in [0.29, 0.717) is 12.2 Å². The quantitative estimate of drug-likeness (QED) is 0.255. The molecule has 0 aliphatic heterocycles. The lowest BCUT2D eigenvalue weighted by molar-refractivity contribution is 0.0438. The molecule has 0 aliphatic carbocycles. The van der Waals surface area contributed by atoms with Gasteiger partial charge in [-0.25, -0.2) is 0 Å². The number of nitrogens with zero attached hydrogens (tertiary/aromatic N) is 1. The molecule has 3 heteroatoms. The Bertz CT molecular complexity index is 1010. The molecule has 0 fully saturated rings. The summed E-state index contributed by atoms with van der Waals surface area (Å²) in [7, 11) is 0. The second kappa shape index (κ2) is 10.1. The molecule has 0 spiro atoms. The Morgan fingerprint density at radius 1 is 0.903 bits per heavy atom. The molecule has 0 saturated heterocycles. The van der Waals surface area contributed by atoms with E-state index in [0.717, 1.165) is 21.3 Å². The van der Waals surface area contributed by atoms with Gasteiger partial charge in [0.2, 0.25) is 0 Å². The number of rotatable bonds is 7. The maximum absolute atomic E-state index is 6.20. The summed E-state index contributed by atoms with van der Waals surface area (Å²) in [6.07, 6.45) is 0.712. The molecule has 0 amide bonds. The minimum atomic E-state index is -0.336. The van der Waals surface area contributed by atoms with Crippen LogP contribution in [0.4, 0.5) is 0 Å². The first-order valence-electron chi connectivity index (χ1n) is 10.5. The maximum atomic E-state index is 6.20. The maximum Gasteiger partial charge on any atom is 0.114 e. The van der Waals surface area contributed by atoms with Crippen molar-refractivity contribution in [2.75, 3.05) is 0 Å². The molecule has 3 rings (SSSR count). The Hall–Kier alpha value is -2.65. The summed E-state index contributed by atoms with van der Waals surface area (Å²) in [5.41, 5.74) is 5.20. The zero-order chi connectivity index (χ0) is 22.4. The number of ether oxygens (including phenoxy) is 1. The van der Waals surface area contributed by atoms with Crippen LogP contribution in [0.1, 0.15) is 43.0 Å². The Morgan fingerprint density at radius 3 is 1.97 bits per heavy atom. The third-order valence-electron chi connectivity index (χ3n) is 4.98. The monoisotopic (exact) mass is 475 g/mol. The smallest absolute Gasteiger partial charge is 0.114 e. The summed E-state index contributed by atoms with van der Waals surface area (Å²) < 4.78 is 7.30. The van der Waals surface area contributed by atoms with Gasteiger partial charge in [-0.3, -0.25) is 4.99 Å². The number of aliphatic imine (C=N–C) groups is 1. The lowest BCUT2D eigenvalue weighted by Crippen LogP contribution is -2.25.